The van der Waals surface area contributed by atoms with Gasteiger partial charge in [-0.05, 0) is 48.9 Å². The first-order valence-electron chi connectivity index (χ1n) is 10.8. The molecule has 1 heterocycles. The van der Waals surface area contributed by atoms with Crippen LogP contribution in [0.5, 0.6) is 5.75 Å². The molecule has 0 saturated carbocycles. The van der Waals surface area contributed by atoms with Crippen molar-refractivity contribution in [1.29, 1.82) is 0 Å². The van der Waals surface area contributed by atoms with E-state index in [9.17, 15) is 14.9 Å². The Hall–Kier alpha value is -4.51. The first kappa shape index (κ1) is 24.6. The summed E-state index contributed by atoms with van der Waals surface area (Å²) in [6.07, 6.45) is 0. The van der Waals surface area contributed by atoms with E-state index < -0.39 is 4.92 Å². The molecule has 0 unspecified atom stereocenters. The molecule has 11 heteroatoms. The van der Waals surface area contributed by atoms with Crippen LogP contribution in [0.1, 0.15) is 12.5 Å². The predicted octanol–water partition coefficient (Wildman–Crippen LogP) is 4.48. The summed E-state index contributed by atoms with van der Waals surface area (Å²) in [6.45, 7) is 1.71. The van der Waals surface area contributed by atoms with Crippen molar-refractivity contribution < 1.29 is 14.5 Å². The SMILES string of the molecule is COc1ccc(-n2c(SCC(=O)NN=C(C)c3ccc([N+](=O)[O-])cc3)nnc2-c2ccccc2)cc1. The summed E-state index contributed by atoms with van der Waals surface area (Å²) in [4.78, 5) is 22.8. The number of nitrogens with zero attached hydrogens (tertiary/aromatic N) is 5. The lowest BCUT2D eigenvalue weighted by Crippen LogP contribution is -2.21. The molecule has 4 aromatic rings. The first-order chi connectivity index (χ1) is 17.5. The maximum atomic E-state index is 12.5. The van der Waals surface area contributed by atoms with Gasteiger partial charge in [0.15, 0.2) is 11.0 Å². The Labute approximate surface area is 211 Å². The van der Waals surface area contributed by atoms with Gasteiger partial charge in [0.05, 0.1) is 23.5 Å². The number of ether oxygens (including phenoxy) is 1. The summed E-state index contributed by atoms with van der Waals surface area (Å²) in [5.74, 6) is 1.10. The van der Waals surface area contributed by atoms with Crippen LogP contribution in [0.15, 0.2) is 89.1 Å². The molecule has 0 aliphatic carbocycles. The number of carbonyl (C=O) groups excluding carboxylic acids is 1. The number of hydrogen-bond acceptors (Lipinski definition) is 8. The second-order valence-corrected chi connectivity index (χ2v) is 8.47. The van der Waals surface area contributed by atoms with Gasteiger partial charge in [-0.1, -0.05) is 42.1 Å². The minimum absolute atomic E-state index is 0.0113. The van der Waals surface area contributed by atoms with Crippen molar-refractivity contribution in [2.24, 2.45) is 5.10 Å². The van der Waals surface area contributed by atoms with Crippen molar-refractivity contribution >= 4 is 29.1 Å². The van der Waals surface area contributed by atoms with E-state index in [-0.39, 0.29) is 17.3 Å². The van der Waals surface area contributed by atoms with Crippen LogP contribution in [-0.2, 0) is 4.79 Å². The predicted molar refractivity (Wildman–Crippen MR) is 138 cm³/mol. The summed E-state index contributed by atoms with van der Waals surface area (Å²) < 4.78 is 7.15. The van der Waals surface area contributed by atoms with Gasteiger partial charge in [-0.2, -0.15) is 5.10 Å². The second-order valence-electron chi connectivity index (χ2n) is 7.53. The van der Waals surface area contributed by atoms with Crippen LogP contribution >= 0.6 is 11.8 Å². The summed E-state index contributed by atoms with van der Waals surface area (Å²) in [5.41, 5.74) is 5.42. The molecule has 1 aromatic heterocycles. The highest BCUT2D eigenvalue weighted by Crippen LogP contribution is 2.28. The average Bonchev–Trinajstić information content (AvgIpc) is 3.35. The molecule has 10 nitrogen and oxygen atoms in total. The number of nitrogens with one attached hydrogen (secondary N) is 1. The van der Waals surface area contributed by atoms with Gasteiger partial charge in [0.25, 0.3) is 11.6 Å². The first-order valence-corrected chi connectivity index (χ1v) is 11.8. The molecule has 1 N–H and O–H groups in total. The number of hydrazone groups is 1. The number of hydrogen-bond donors (Lipinski definition) is 1. The fourth-order valence-corrected chi connectivity index (χ4v) is 4.04. The van der Waals surface area contributed by atoms with E-state index in [4.69, 9.17) is 4.74 Å². The maximum Gasteiger partial charge on any atom is 0.269 e. The Morgan fingerprint density at radius 1 is 1.06 bits per heavy atom. The molecule has 0 saturated heterocycles. The van der Waals surface area contributed by atoms with Crippen molar-refractivity contribution in [3.63, 3.8) is 0 Å². The van der Waals surface area contributed by atoms with Crippen LogP contribution < -0.4 is 10.2 Å². The Morgan fingerprint density at radius 3 is 2.39 bits per heavy atom. The Morgan fingerprint density at radius 2 is 1.75 bits per heavy atom. The van der Waals surface area contributed by atoms with Gasteiger partial charge < -0.3 is 4.74 Å². The molecular weight excluding hydrogens is 480 g/mol. The summed E-state index contributed by atoms with van der Waals surface area (Å²) in [6, 6.07) is 23.1. The van der Waals surface area contributed by atoms with E-state index in [1.807, 2.05) is 59.2 Å². The van der Waals surface area contributed by atoms with Crippen LogP contribution in [0.4, 0.5) is 5.69 Å². The van der Waals surface area contributed by atoms with Crippen LogP contribution in [-0.4, -0.2) is 44.2 Å². The molecule has 0 aliphatic heterocycles. The number of rotatable bonds is 9. The Balaban J connectivity index is 1.49. The summed E-state index contributed by atoms with van der Waals surface area (Å²) in [5, 5.41) is 24.2. The lowest BCUT2D eigenvalue weighted by molar-refractivity contribution is -0.384. The highest BCUT2D eigenvalue weighted by atomic mass is 32.2. The molecule has 1 amide bonds. The van der Waals surface area contributed by atoms with Crippen molar-refractivity contribution in [3.05, 3.63) is 94.5 Å². The third-order valence-electron chi connectivity index (χ3n) is 5.17. The van der Waals surface area contributed by atoms with Crippen LogP contribution in [0.2, 0.25) is 0 Å². The zero-order valence-corrected chi connectivity index (χ0v) is 20.3. The van der Waals surface area contributed by atoms with Crippen molar-refractivity contribution in [2.45, 2.75) is 12.1 Å². The molecule has 0 aliphatic rings. The number of aromatic nitrogens is 3. The second kappa shape index (κ2) is 11.3. The normalized spacial score (nSPS) is 11.2. The molecule has 0 bridgehead atoms. The van der Waals surface area contributed by atoms with Gasteiger partial charge in [-0.25, -0.2) is 5.43 Å². The van der Waals surface area contributed by atoms with E-state index in [2.05, 4.69) is 20.7 Å². The Bertz CT molecular complexity index is 1390. The average molecular weight is 503 g/mol. The third-order valence-corrected chi connectivity index (χ3v) is 6.10. The molecule has 0 spiro atoms. The molecule has 3 aromatic carbocycles. The third kappa shape index (κ3) is 5.76. The smallest absolute Gasteiger partial charge is 0.269 e. The van der Waals surface area contributed by atoms with E-state index in [0.29, 0.717) is 22.3 Å². The van der Waals surface area contributed by atoms with E-state index in [1.54, 1.807) is 26.2 Å². The van der Waals surface area contributed by atoms with Crippen molar-refractivity contribution in [1.82, 2.24) is 20.2 Å². The van der Waals surface area contributed by atoms with Gasteiger partial charge in [0.2, 0.25) is 0 Å². The fraction of sp³-hybridized carbons (Fsp3) is 0.120. The Kier molecular flexibility index (Phi) is 7.71. The molecule has 182 valence electrons. The minimum Gasteiger partial charge on any atom is -0.497 e. The lowest BCUT2D eigenvalue weighted by atomic mass is 10.1. The van der Waals surface area contributed by atoms with Crippen molar-refractivity contribution in [3.8, 4) is 22.8 Å². The largest absolute Gasteiger partial charge is 0.497 e. The number of non-ortho nitro benzene ring substituents is 1. The van der Waals surface area contributed by atoms with Crippen LogP contribution in [0, 0.1) is 10.1 Å². The molecule has 0 radical (unpaired) electrons. The number of amides is 1. The van der Waals surface area contributed by atoms with Crippen LogP contribution in [0.25, 0.3) is 17.1 Å². The number of carbonyl (C=O) groups is 1. The van der Waals surface area contributed by atoms with Crippen molar-refractivity contribution in [2.75, 3.05) is 12.9 Å². The van der Waals surface area contributed by atoms with Gasteiger partial charge in [-0.15, -0.1) is 10.2 Å². The standard InChI is InChI=1S/C25H22N6O4S/c1-17(18-8-10-21(11-9-18)31(33)34)26-27-23(32)16-36-25-29-28-24(19-6-4-3-5-7-19)30(25)20-12-14-22(35-2)15-13-20/h3-15H,16H2,1-2H3,(H,27,32). The van der Waals surface area contributed by atoms with Gasteiger partial charge in [0, 0.05) is 23.4 Å². The summed E-state index contributed by atoms with van der Waals surface area (Å²) in [7, 11) is 1.61. The van der Waals surface area contributed by atoms with Gasteiger partial charge in [0.1, 0.15) is 5.75 Å². The fourth-order valence-electron chi connectivity index (χ4n) is 3.30. The van der Waals surface area contributed by atoms with E-state index in [0.717, 1.165) is 17.0 Å². The molecule has 4 rings (SSSR count). The molecule has 0 atom stereocenters. The topological polar surface area (TPSA) is 125 Å². The molecule has 0 fully saturated rings. The van der Waals surface area contributed by atoms with Crippen LogP contribution in [0.3, 0.4) is 0 Å². The minimum atomic E-state index is -0.469. The quantitative estimate of drug-likeness (QED) is 0.155. The van der Waals surface area contributed by atoms with E-state index >= 15 is 0 Å². The highest BCUT2D eigenvalue weighted by molar-refractivity contribution is 7.99. The van der Waals surface area contributed by atoms with E-state index in [1.165, 1.54) is 23.9 Å². The van der Waals surface area contributed by atoms with Gasteiger partial charge in [-0.3, -0.25) is 19.5 Å². The number of nitro groups is 1. The molecule has 36 heavy (non-hydrogen) atoms. The number of thioether (sulfide) groups is 1. The highest BCUT2D eigenvalue weighted by Gasteiger charge is 2.17. The lowest BCUT2D eigenvalue weighted by Gasteiger charge is -2.11. The number of benzene rings is 3. The maximum absolute atomic E-state index is 12.5. The summed E-state index contributed by atoms with van der Waals surface area (Å²) >= 11 is 1.23. The monoisotopic (exact) mass is 502 g/mol. The zero-order chi connectivity index (χ0) is 25.5. The zero-order valence-electron chi connectivity index (χ0n) is 19.5. The molecular formula is C25H22N6O4S. The number of nitro benzene ring substituents is 1. The van der Waals surface area contributed by atoms with Gasteiger partial charge >= 0.3 is 0 Å². The number of methoxy groups -OCH3 is 1.